The van der Waals surface area contributed by atoms with Gasteiger partial charge in [-0.2, -0.15) is 26.3 Å². The summed E-state index contributed by atoms with van der Waals surface area (Å²) in [4.78, 5) is 22.7. The van der Waals surface area contributed by atoms with Crippen LogP contribution in [0.25, 0.3) is 0 Å². The van der Waals surface area contributed by atoms with E-state index >= 15 is 0 Å². The summed E-state index contributed by atoms with van der Waals surface area (Å²) in [5.74, 6) is -21.0. The van der Waals surface area contributed by atoms with Crippen molar-refractivity contribution in [2.75, 3.05) is 13.2 Å². The maximum absolute atomic E-state index is 13.2. The Bertz CT molecular complexity index is 567. The van der Waals surface area contributed by atoms with Gasteiger partial charge in [-0.15, -0.1) is 6.58 Å². The third-order valence-electron chi connectivity index (χ3n) is 4.17. The van der Waals surface area contributed by atoms with Crippen molar-refractivity contribution in [1.82, 2.24) is 0 Å². The highest BCUT2D eigenvalue weighted by Crippen LogP contribution is 2.48. The molecule has 0 aliphatic heterocycles. The van der Waals surface area contributed by atoms with Gasteiger partial charge >= 0.3 is 36.1 Å². The van der Waals surface area contributed by atoms with Gasteiger partial charge in [0.15, 0.2) is 6.61 Å². The summed E-state index contributed by atoms with van der Waals surface area (Å²) in [5.41, 5.74) is 0. The van der Waals surface area contributed by atoms with Crippen LogP contribution in [0.1, 0.15) is 57.8 Å². The first-order valence-corrected chi connectivity index (χ1v) is 9.63. The minimum Gasteiger partial charge on any atom is -0.466 e. The zero-order chi connectivity index (χ0) is 24.1. The van der Waals surface area contributed by atoms with Crippen LogP contribution in [0.4, 0.5) is 35.1 Å². The number of hydrogen-bond donors (Lipinski definition) is 0. The van der Waals surface area contributed by atoms with Crippen molar-refractivity contribution < 1.29 is 54.2 Å². The Labute approximate surface area is 174 Å². The van der Waals surface area contributed by atoms with E-state index in [1.165, 1.54) is 0 Å². The van der Waals surface area contributed by atoms with Crippen molar-refractivity contribution in [3.63, 3.8) is 0 Å². The first-order valence-electron chi connectivity index (χ1n) is 9.63. The lowest BCUT2D eigenvalue weighted by molar-refractivity contribution is -0.344. The Morgan fingerprint density at radius 1 is 0.806 bits per heavy atom. The van der Waals surface area contributed by atoms with Crippen molar-refractivity contribution in [3.05, 3.63) is 12.7 Å². The molecule has 0 fully saturated rings. The molecule has 0 aromatic rings. The molecule has 0 saturated heterocycles. The highest BCUT2D eigenvalue weighted by Gasteiger charge is 2.75. The Morgan fingerprint density at radius 2 is 1.29 bits per heavy atom. The van der Waals surface area contributed by atoms with E-state index in [1.54, 1.807) is 0 Å². The second-order valence-corrected chi connectivity index (χ2v) is 6.78. The third kappa shape index (κ3) is 9.86. The van der Waals surface area contributed by atoms with Crippen LogP contribution in [0.2, 0.25) is 0 Å². The summed E-state index contributed by atoms with van der Waals surface area (Å²) < 4.78 is 110. The third-order valence-corrected chi connectivity index (χ3v) is 4.17. The van der Waals surface area contributed by atoms with Gasteiger partial charge < -0.3 is 9.47 Å². The lowest BCUT2D eigenvalue weighted by atomic mass is 10.1. The van der Waals surface area contributed by atoms with Crippen LogP contribution < -0.4 is 0 Å². The zero-order valence-electron chi connectivity index (χ0n) is 16.8. The van der Waals surface area contributed by atoms with Crippen LogP contribution in [0.5, 0.6) is 0 Å². The van der Waals surface area contributed by atoms with Gasteiger partial charge in [0.1, 0.15) is 0 Å². The maximum Gasteiger partial charge on any atom is 0.381 e. The van der Waals surface area contributed by atoms with Gasteiger partial charge in [-0.25, -0.2) is 8.78 Å². The smallest absolute Gasteiger partial charge is 0.381 e. The molecule has 0 rings (SSSR count). The van der Waals surface area contributed by atoms with E-state index in [2.05, 4.69) is 11.3 Å². The van der Waals surface area contributed by atoms with E-state index in [4.69, 9.17) is 4.74 Å². The van der Waals surface area contributed by atoms with Crippen LogP contribution in [0.15, 0.2) is 12.7 Å². The number of carbonyl (C=O) groups excluding carboxylic acids is 2. The number of hydrogen-bond acceptors (Lipinski definition) is 4. The predicted octanol–water partition coefficient (Wildman–Crippen LogP) is 5.94. The number of unbranched alkanes of at least 4 members (excludes halogenated alkanes) is 6. The van der Waals surface area contributed by atoms with Crippen molar-refractivity contribution >= 4 is 11.9 Å². The molecule has 0 bridgehead atoms. The van der Waals surface area contributed by atoms with Crippen LogP contribution >= 0.6 is 0 Å². The van der Waals surface area contributed by atoms with Gasteiger partial charge in [-0.3, -0.25) is 9.59 Å². The molecule has 0 unspecified atom stereocenters. The summed E-state index contributed by atoms with van der Waals surface area (Å²) in [6.07, 6.45) is 1.69. The lowest BCUT2D eigenvalue weighted by Gasteiger charge is -2.31. The topological polar surface area (TPSA) is 52.6 Å². The summed E-state index contributed by atoms with van der Waals surface area (Å²) in [5, 5.41) is 0. The number of ether oxygens (including phenoxy) is 2. The van der Waals surface area contributed by atoms with E-state index < -0.39 is 55.6 Å². The molecule has 0 radical (unpaired) electrons. The molecular weight excluding hydrogens is 444 g/mol. The second-order valence-electron chi connectivity index (χ2n) is 6.78. The van der Waals surface area contributed by atoms with Gasteiger partial charge in [0.2, 0.25) is 0 Å². The molecule has 0 N–H and O–H groups in total. The molecule has 12 heteroatoms. The molecule has 0 aliphatic carbocycles. The van der Waals surface area contributed by atoms with Crippen LogP contribution in [0.3, 0.4) is 0 Å². The number of carbonyl (C=O) groups is 2. The molecule has 0 saturated carbocycles. The van der Waals surface area contributed by atoms with E-state index in [0.717, 1.165) is 38.5 Å². The molecule has 0 amide bonds. The Kier molecular flexibility index (Phi) is 12.7. The summed E-state index contributed by atoms with van der Waals surface area (Å²) in [6.45, 7) is 1.12. The van der Waals surface area contributed by atoms with E-state index in [0.29, 0.717) is 6.42 Å². The van der Waals surface area contributed by atoms with Crippen molar-refractivity contribution in [1.29, 1.82) is 0 Å². The van der Waals surface area contributed by atoms with Crippen LogP contribution in [0, 0.1) is 0 Å². The summed E-state index contributed by atoms with van der Waals surface area (Å²) in [7, 11) is 0. The largest absolute Gasteiger partial charge is 0.466 e. The summed E-state index contributed by atoms with van der Waals surface area (Å²) in [6, 6.07) is 0. The number of halogens is 8. The quantitative estimate of drug-likeness (QED) is 0.114. The molecule has 0 spiro atoms. The number of esters is 2. The SMILES string of the molecule is C=CCCCCCCCCOC(=O)CCC(=O)OCC(F)(F)C(F)(F)C(F)(F)C(F)F. The van der Waals surface area contributed by atoms with Gasteiger partial charge in [0.05, 0.1) is 19.4 Å². The molecule has 31 heavy (non-hydrogen) atoms. The van der Waals surface area contributed by atoms with Crippen LogP contribution in [-0.4, -0.2) is 49.3 Å². The van der Waals surface area contributed by atoms with E-state index in [1.807, 2.05) is 6.08 Å². The van der Waals surface area contributed by atoms with E-state index in [9.17, 15) is 44.7 Å². The van der Waals surface area contributed by atoms with Gasteiger partial charge in [-0.1, -0.05) is 31.8 Å². The van der Waals surface area contributed by atoms with Gasteiger partial charge in [0.25, 0.3) is 0 Å². The minimum atomic E-state index is -6.46. The fraction of sp³-hybridized carbons (Fsp3) is 0.789. The molecule has 0 atom stereocenters. The molecular formula is C19H26F8O4. The van der Waals surface area contributed by atoms with E-state index in [-0.39, 0.29) is 6.61 Å². The molecule has 0 aromatic carbocycles. The second kappa shape index (κ2) is 13.5. The molecule has 0 aliphatic rings. The fourth-order valence-electron chi connectivity index (χ4n) is 2.27. The molecule has 0 heterocycles. The Balaban J connectivity index is 4.12. The average Bonchev–Trinajstić information content (AvgIpc) is 2.69. The monoisotopic (exact) mass is 470 g/mol. The standard InChI is InChI=1S/C19H26F8O4/c1-2-3-4-5-6-7-8-9-12-30-14(28)10-11-15(29)31-13-17(22,23)19(26,27)18(24,25)16(20)21/h2,16H,1,3-13H2. The van der Waals surface area contributed by atoms with Crippen molar-refractivity contribution in [3.8, 4) is 0 Å². The number of rotatable bonds is 17. The van der Waals surface area contributed by atoms with Crippen molar-refractivity contribution in [2.45, 2.75) is 82.0 Å². The highest BCUT2D eigenvalue weighted by atomic mass is 19.4. The number of allylic oxidation sites excluding steroid dienone is 1. The minimum absolute atomic E-state index is 0.0630. The lowest BCUT2D eigenvalue weighted by Crippen LogP contribution is -2.59. The Hall–Kier alpha value is -1.88. The maximum atomic E-state index is 13.2. The highest BCUT2D eigenvalue weighted by molar-refractivity contribution is 5.77. The number of alkyl halides is 8. The first-order chi connectivity index (χ1) is 14.3. The van der Waals surface area contributed by atoms with Crippen molar-refractivity contribution in [2.24, 2.45) is 0 Å². The molecule has 0 aromatic heterocycles. The van der Waals surface area contributed by atoms with Gasteiger partial charge in [-0.05, 0) is 19.3 Å². The summed E-state index contributed by atoms with van der Waals surface area (Å²) >= 11 is 0. The first kappa shape index (κ1) is 29.1. The molecule has 182 valence electrons. The predicted molar refractivity (Wildman–Crippen MR) is 94.5 cm³/mol. The zero-order valence-corrected chi connectivity index (χ0v) is 16.8. The Morgan fingerprint density at radius 3 is 1.81 bits per heavy atom. The van der Waals surface area contributed by atoms with Gasteiger partial charge in [0, 0.05) is 0 Å². The van der Waals surface area contributed by atoms with Crippen LogP contribution in [-0.2, 0) is 19.1 Å². The average molecular weight is 470 g/mol. The normalized spacial score (nSPS) is 12.7. The molecule has 4 nitrogen and oxygen atoms in total. The fourth-order valence-corrected chi connectivity index (χ4v) is 2.27.